The highest BCUT2D eigenvalue weighted by Crippen LogP contribution is 2.21. The zero-order chi connectivity index (χ0) is 18.4. The van der Waals surface area contributed by atoms with Crippen LogP contribution in [0.4, 0.5) is 5.69 Å². The average molecular weight is 347 g/mol. The Morgan fingerprint density at radius 2 is 1.77 bits per heavy atom. The van der Waals surface area contributed by atoms with Crippen molar-refractivity contribution in [2.24, 2.45) is 0 Å². The van der Waals surface area contributed by atoms with Gasteiger partial charge in [-0.25, -0.2) is 9.97 Å². The third-order valence-electron chi connectivity index (χ3n) is 4.06. The van der Waals surface area contributed by atoms with Crippen molar-refractivity contribution in [1.82, 2.24) is 9.97 Å². The molecule has 0 aliphatic carbocycles. The second kappa shape index (κ2) is 8.25. The first kappa shape index (κ1) is 17.6. The van der Waals surface area contributed by atoms with E-state index in [2.05, 4.69) is 9.97 Å². The number of ether oxygens (including phenoxy) is 1. The third kappa shape index (κ3) is 4.06. The van der Waals surface area contributed by atoms with Crippen LogP contribution < -0.4 is 9.64 Å². The van der Waals surface area contributed by atoms with E-state index in [1.54, 1.807) is 11.0 Å². The standard InChI is InChI=1S/C21H21N3O2/c1-3-24(19-12-8-7-9-16(19)2)21(25)18-13-20(23-15-22-18)26-14-17-10-5-4-6-11-17/h4-13,15H,3,14H2,1-2H3. The van der Waals surface area contributed by atoms with Gasteiger partial charge in [-0.2, -0.15) is 0 Å². The van der Waals surface area contributed by atoms with Crippen LogP contribution in [0.15, 0.2) is 67.0 Å². The van der Waals surface area contributed by atoms with Crippen molar-refractivity contribution in [2.45, 2.75) is 20.5 Å². The largest absolute Gasteiger partial charge is 0.473 e. The van der Waals surface area contributed by atoms with Crippen molar-refractivity contribution in [1.29, 1.82) is 0 Å². The quantitative estimate of drug-likeness (QED) is 0.675. The molecule has 0 saturated heterocycles. The lowest BCUT2D eigenvalue weighted by Crippen LogP contribution is -2.32. The normalized spacial score (nSPS) is 10.4. The van der Waals surface area contributed by atoms with Gasteiger partial charge in [-0.15, -0.1) is 0 Å². The highest BCUT2D eigenvalue weighted by molar-refractivity contribution is 6.05. The maximum atomic E-state index is 12.9. The van der Waals surface area contributed by atoms with Crippen molar-refractivity contribution in [3.05, 3.63) is 83.8 Å². The number of para-hydroxylation sites is 1. The molecule has 0 aliphatic rings. The first-order valence-electron chi connectivity index (χ1n) is 8.55. The molecule has 0 N–H and O–H groups in total. The van der Waals surface area contributed by atoms with Gasteiger partial charge in [-0.1, -0.05) is 48.5 Å². The van der Waals surface area contributed by atoms with E-state index in [0.29, 0.717) is 24.7 Å². The number of hydrogen-bond acceptors (Lipinski definition) is 4. The smallest absolute Gasteiger partial charge is 0.277 e. The molecule has 5 heteroatoms. The topological polar surface area (TPSA) is 55.3 Å². The van der Waals surface area contributed by atoms with E-state index in [4.69, 9.17) is 4.74 Å². The number of carbonyl (C=O) groups excluding carboxylic acids is 1. The minimum absolute atomic E-state index is 0.172. The monoisotopic (exact) mass is 347 g/mol. The van der Waals surface area contributed by atoms with E-state index in [1.807, 2.05) is 68.4 Å². The van der Waals surface area contributed by atoms with Crippen LogP contribution in [-0.2, 0) is 6.61 Å². The Hall–Kier alpha value is -3.21. The molecule has 3 aromatic rings. The van der Waals surface area contributed by atoms with Gasteiger partial charge in [-0.3, -0.25) is 4.79 Å². The van der Waals surface area contributed by atoms with Crippen molar-refractivity contribution in [3.8, 4) is 5.88 Å². The number of aromatic nitrogens is 2. The maximum Gasteiger partial charge on any atom is 0.277 e. The summed E-state index contributed by atoms with van der Waals surface area (Å²) in [4.78, 5) is 22.9. The lowest BCUT2D eigenvalue weighted by Gasteiger charge is -2.22. The number of benzene rings is 2. The molecule has 1 heterocycles. The molecule has 0 unspecified atom stereocenters. The Morgan fingerprint density at radius 3 is 2.50 bits per heavy atom. The molecule has 5 nitrogen and oxygen atoms in total. The lowest BCUT2D eigenvalue weighted by molar-refractivity contribution is 0.0982. The van der Waals surface area contributed by atoms with Crippen molar-refractivity contribution in [2.75, 3.05) is 11.4 Å². The van der Waals surface area contributed by atoms with E-state index in [-0.39, 0.29) is 5.91 Å². The average Bonchev–Trinajstić information content (AvgIpc) is 2.69. The summed E-state index contributed by atoms with van der Waals surface area (Å²) in [6.45, 7) is 4.87. The molecule has 0 fully saturated rings. The fourth-order valence-corrected chi connectivity index (χ4v) is 2.69. The first-order chi connectivity index (χ1) is 12.7. The number of hydrogen-bond donors (Lipinski definition) is 0. The molecule has 1 amide bonds. The molecule has 0 spiro atoms. The first-order valence-corrected chi connectivity index (χ1v) is 8.55. The Bertz CT molecular complexity index is 881. The van der Waals surface area contributed by atoms with Crippen LogP contribution in [-0.4, -0.2) is 22.4 Å². The van der Waals surface area contributed by atoms with Gasteiger partial charge < -0.3 is 9.64 Å². The zero-order valence-corrected chi connectivity index (χ0v) is 14.9. The number of anilines is 1. The van der Waals surface area contributed by atoms with Crippen molar-refractivity contribution in [3.63, 3.8) is 0 Å². The fourth-order valence-electron chi connectivity index (χ4n) is 2.69. The summed E-state index contributed by atoms with van der Waals surface area (Å²) in [6, 6.07) is 19.2. The molecule has 0 bridgehead atoms. The minimum atomic E-state index is -0.172. The zero-order valence-electron chi connectivity index (χ0n) is 14.9. The van der Waals surface area contributed by atoms with Crippen LogP contribution in [0.3, 0.4) is 0 Å². The maximum absolute atomic E-state index is 12.9. The van der Waals surface area contributed by atoms with Crippen LogP contribution in [0.2, 0.25) is 0 Å². The van der Waals surface area contributed by atoms with Crippen LogP contribution in [0.5, 0.6) is 5.88 Å². The van der Waals surface area contributed by atoms with Crippen molar-refractivity contribution < 1.29 is 9.53 Å². The number of nitrogens with zero attached hydrogens (tertiary/aromatic N) is 3. The molecule has 0 aliphatic heterocycles. The summed E-state index contributed by atoms with van der Waals surface area (Å²) < 4.78 is 5.70. The summed E-state index contributed by atoms with van der Waals surface area (Å²) in [6.07, 6.45) is 1.36. The third-order valence-corrected chi connectivity index (χ3v) is 4.06. The predicted molar refractivity (Wildman–Crippen MR) is 101 cm³/mol. The van der Waals surface area contributed by atoms with Crippen LogP contribution in [0.1, 0.15) is 28.5 Å². The fraction of sp³-hybridized carbons (Fsp3) is 0.190. The molecule has 132 valence electrons. The molecular formula is C21H21N3O2. The minimum Gasteiger partial charge on any atom is -0.473 e. The predicted octanol–water partition coefficient (Wildman–Crippen LogP) is 4.03. The molecule has 0 saturated carbocycles. The number of amides is 1. The molecular weight excluding hydrogens is 326 g/mol. The Kier molecular flexibility index (Phi) is 5.59. The van der Waals surface area contributed by atoms with Gasteiger partial charge in [0, 0.05) is 18.3 Å². The van der Waals surface area contributed by atoms with E-state index < -0.39 is 0 Å². The van der Waals surface area contributed by atoms with E-state index >= 15 is 0 Å². The summed E-state index contributed by atoms with van der Waals surface area (Å²) in [5.41, 5.74) is 3.27. The van der Waals surface area contributed by atoms with Gasteiger partial charge in [0.1, 0.15) is 18.6 Å². The molecule has 1 aromatic heterocycles. The number of aryl methyl sites for hydroxylation is 1. The van der Waals surface area contributed by atoms with Gasteiger partial charge in [0.2, 0.25) is 5.88 Å². The van der Waals surface area contributed by atoms with Crippen LogP contribution in [0.25, 0.3) is 0 Å². The van der Waals surface area contributed by atoms with Crippen LogP contribution in [0, 0.1) is 6.92 Å². The Labute approximate surface area is 153 Å². The highest BCUT2D eigenvalue weighted by atomic mass is 16.5. The van der Waals surface area contributed by atoms with Gasteiger partial charge in [-0.05, 0) is 31.0 Å². The van der Waals surface area contributed by atoms with E-state index in [0.717, 1.165) is 16.8 Å². The number of rotatable bonds is 6. The summed E-state index contributed by atoms with van der Waals surface area (Å²) >= 11 is 0. The molecule has 3 rings (SSSR count). The van der Waals surface area contributed by atoms with Gasteiger partial charge in [0.05, 0.1) is 0 Å². The van der Waals surface area contributed by atoms with E-state index in [1.165, 1.54) is 6.33 Å². The summed E-state index contributed by atoms with van der Waals surface area (Å²) in [5.74, 6) is 0.210. The van der Waals surface area contributed by atoms with Gasteiger partial charge in [0.25, 0.3) is 5.91 Å². The molecule has 0 atom stereocenters. The Balaban J connectivity index is 1.78. The van der Waals surface area contributed by atoms with Crippen molar-refractivity contribution >= 4 is 11.6 Å². The van der Waals surface area contributed by atoms with Gasteiger partial charge >= 0.3 is 0 Å². The van der Waals surface area contributed by atoms with Crippen LogP contribution >= 0.6 is 0 Å². The lowest BCUT2D eigenvalue weighted by atomic mass is 10.1. The number of carbonyl (C=O) groups is 1. The second-order valence-electron chi connectivity index (χ2n) is 5.85. The molecule has 2 aromatic carbocycles. The molecule has 0 radical (unpaired) electrons. The second-order valence-corrected chi connectivity index (χ2v) is 5.85. The highest BCUT2D eigenvalue weighted by Gasteiger charge is 2.19. The SMILES string of the molecule is CCN(C(=O)c1cc(OCc2ccccc2)ncn1)c1ccccc1C. The van der Waals surface area contributed by atoms with E-state index in [9.17, 15) is 4.79 Å². The summed E-state index contributed by atoms with van der Waals surface area (Å²) in [7, 11) is 0. The molecule has 26 heavy (non-hydrogen) atoms. The Morgan fingerprint density at radius 1 is 1.04 bits per heavy atom. The van der Waals surface area contributed by atoms with Gasteiger partial charge in [0.15, 0.2) is 0 Å². The summed E-state index contributed by atoms with van der Waals surface area (Å²) in [5, 5.41) is 0.